The quantitative estimate of drug-likeness (QED) is 0.246. The monoisotopic (exact) mass is 543 g/mol. The number of hydrogen-bond acceptors (Lipinski definition) is 8. The van der Waals surface area contributed by atoms with Crippen molar-refractivity contribution in [2.24, 2.45) is 11.7 Å². The summed E-state index contributed by atoms with van der Waals surface area (Å²) in [6.07, 6.45) is 7.35. The van der Waals surface area contributed by atoms with E-state index in [9.17, 15) is 9.90 Å². The van der Waals surface area contributed by atoms with Gasteiger partial charge in [-0.3, -0.25) is 9.78 Å². The number of carbonyl (C=O) groups excluding carboxylic acids is 1. The molecule has 6 rings (SSSR count). The van der Waals surface area contributed by atoms with Gasteiger partial charge in [-0.05, 0) is 73.2 Å². The number of anilines is 3. The number of hydrogen-bond donors (Lipinski definition) is 3. The minimum Gasteiger partial charge on any atom is -0.503 e. The van der Waals surface area contributed by atoms with Crippen LogP contribution in [0.3, 0.4) is 0 Å². The number of nitrogens with one attached hydrogen (secondary N) is 1. The van der Waals surface area contributed by atoms with Gasteiger partial charge in [-0.1, -0.05) is 17.7 Å². The lowest BCUT2D eigenvalue weighted by molar-refractivity contribution is 0.0968. The number of methoxy groups -OCH3 is 1. The Morgan fingerprint density at radius 2 is 1.95 bits per heavy atom. The average Bonchev–Trinajstić information content (AvgIpc) is 3.80. The number of carbonyl (C=O) groups is 1. The Morgan fingerprint density at radius 3 is 2.67 bits per heavy atom. The summed E-state index contributed by atoms with van der Waals surface area (Å²) in [6.45, 7) is 1.74. The van der Waals surface area contributed by atoms with E-state index in [1.54, 1.807) is 24.5 Å². The van der Waals surface area contributed by atoms with Gasteiger partial charge in [0.05, 0.1) is 40.8 Å². The first kappa shape index (κ1) is 25.4. The SMILES string of the molecule is COc1cc(-c2ccc3ncc(C(=O)C4CC4)c(Nc4ccc(N5CCC[C@H](N)C5)nc4)c3c2)cc(Cl)c1O. The number of phenols is 1. The molecule has 0 amide bonds. The van der Waals surface area contributed by atoms with Gasteiger partial charge >= 0.3 is 0 Å². The van der Waals surface area contributed by atoms with Gasteiger partial charge in [0.15, 0.2) is 17.3 Å². The van der Waals surface area contributed by atoms with E-state index in [1.807, 2.05) is 30.3 Å². The summed E-state index contributed by atoms with van der Waals surface area (Å²) in [5.74, 6) is 1.21. The third kappa shape index (κ3) is 5.10. The number of aromatic hydroxyl groups is 1. The van der Waals surface area contributed by atoms with Crippen LogP contribution < -0.4 is 20.7 Å². The predicted octanol–water partition coefficient (Wildman–Crippen LogP) is 5.93. The van der Waals surface area contributed by atoms with Gasteiger partial charge in [-0.15, -0.1) is 0 Å². The van der Waals surface area contributed by atoms with Crippen molar-refractivity contribution >= 4 is 45.5 Å². The normalized spacial score (nSPS) is 17.3. The summed E-state index contributed by atoms with van der Waals surface area (Å²) in [6, 6.07) is 13.4. The number of nitrogens with zero attached hydrogens (tertiary/aromatic N) is 3. The maximum atomic E-state index is 13.3. The van der Waals surface area contributed by atoms with Crippen molar-refractivity contribution in [3.05, 3.63) is 65.4 Å². The van der Waals surface area contributed by atoms with E-state index < -0.39 is 0 Å². The second-order valence-corrected chi connectivity index (χ2v) is 10.7. The number of halogens is 1. The number of phenolic OH excluding ortho intramolecular Hbond substituents is 1. The van der Waals surface area contributed by atoms with Crippen LogP contribution in [0.25, 0.3) is 22.0 Å². The maximum absolute atomic E-state index is 13.3. The first-order valence-corrected chi connectivity index (χ1v) is 13.6. The highest BCUT2D eigenvalue weighted by Gasteiger charge is 2.32. The minimum absolute atomic E-state index is 0.0389. The highest BCUT2D eigenvalue weighted by atomic mass is 35.5. The summed E-state index contributed by atoms with van der Waals surface area (Å²) in [7, 11) is 1.48. The van der Waals surface area contributed by atoms with E-state index in [0.29, 0.717) is 11.3 Å². The molecule has 2 fully saturated rings. The molecule has 8 nitrogen and oxygen atoms in total. The van der Waals surface area contributed by atoms with Crippen LogP contribution in [0.15, 0.2) is 54.9 Å². The smallest absolute Gasteiger partial charge is 0.176 e. The molecule has 0 bridgehead atoms. The molecule has 1 atom stereocenters. The molecule has 1 aliphatic carbocycles. The third-order valence-electron chi connectivity index (χ3n) is 7.46. The molecule has 4 N–H and O–H groups in total. The number of aromatic nitrogens is 2. The Morgan fingerprint density at radius 1 is 1.10 bits per heavy atom. The number of ether oxygens (including phenoxy) is 1. The van der Waals surface area contributed by atoms with E-state index in [4.69, 9.17) is 27.1 Å². The minimum atomic E-state index is -0.104. The number of piperidine rings is 1. The topological polar surface area (TPSA) is 114 Å². The molecule has 39 heavy (non-hydrogen) atoms. The summed E-state index contributed by atoms with van der Waals surface area (Å²) in [4.78, 5) is 24.8. The Labute approximate surface area is 231 Å². The molecule has 1 saturated heterocycles. The molecule has 2 aromatic heterocycles. The molecule has 0 unspecified atom stereocenters. The van der Waals surface area contributed by atoms with Crippen molar-refractivity contribution in [2.75, 3.05) is 30.4 Å². The van der Waals surface area contributed by atoms with Gasteiger partial charge in [-0.2, -0.15) is 0 Å². The zero-order valence-electron chi connectivity index (χ0n) is 21.7. The molecule has 1 saturated carbocycles. The van der Waals surface area contributed by atoms with Crippen molar-refractivity contribution in [3.63, 3.8) is 0 Å². The van der Waals surface area contributed by atoms with Gasteiger partial charge < -0.3 is 25.8 Å². The summed E-state index contributed by atoms with van der Waals surface area (Å²) in [5, 5.41) is 14.7. The van der Waals surface area contributed by atoms with Crippen molar-refractivity contribution in [2.45, 2.75) is 31.7 Å². The molecule has 2 aliphatic rings. The number of ketones is 1. The summed E-state index contributed by atoms with van der Waals surface area (Å²) in [5.41, 5.74) is 10.6. The van der Waals surface area contributed by atoms with Crippen LogP contribution in [0.1, 0.15) is 36.0 Å². The van der Waals surface area contributed by atoms with E-state index in [-0.39, 0.29) is 34.3 Å². The zero-order valence-corrected chi connectivity index (χ0v) is 22.4. The van der Waals surface area contributed by atoms with Gasteiger partial charge in [0.1, 0.15) is 5.82 Å². The number of nitrogens with two attached hydrogens (primary N) is 1. The van der Waals surface area contributed by atoms with E-state index in [2.05, 4.69) is 15.2 Å². The standard InChI is InChI=1S/C30H30ClN5O3/c1-39-26-13-19(12-24(31)30(26)38)18-6-8-25-22(11-18)28(23(15-33-25)29(37)17-4-5-17)35-21-7-9-27(34-14-21)36-10-2-3-20(32)16-36/h6-9,11-15,17,20,38H,2-5,10,16,32H2,1H3,(H,33,35)/t20-/m0/s1. The van der Waals surface area contributed by atoms with Crippen molar-refractivity contribution in [1.82, 2.24) is 9.97 Å². The second-order valence-electron chi connectivity index (χ2n) is 10.3. The Kier molecular flexibility index (Phi) is 6.74. The molecule has 200 valence electrons. The van der Waals surface area contributed by atoms with Gasteiger partial charge in [-0.25, -0.2) is 4.98 Å². The van der Waals surface area contributed by atoms with Gasteiger partial charge in [0.2, 0.25) is 0 Å². The predicted molar refractivity (Wildman–Crippen MR) is 154 cm³/mol. The molecular weight excluding hydrogens is 514 g/mol. The lowest BCUT2D eigenvalue weighted by Gasteiger charge is -2.31. The highest BCUT2D eigenvalue weighted by molar-refractivity contribution is 6.32. The molecule has 0 spiro atoms. The molecule has 2 aromatic carbocycles. The molecule has 3 heterocycles. The van der Waals surface area contributed by atoms with Crippen LogP contribution >= 0.6 is 11.6 Å². The van der Waals surface area contributed by atoms with Crippen molar-refractivity contribution < 1.29 is 14.6 Å². The largest absolute Gasteiger partial charge is 0.503 e. The number of fused-ring (bicyclic) bond motifs is 1. The molecular formula is C30H30ClN5O3. The Bertz CT molecular complexity index is 1560. The van der Waals surface area contributed by atoms with Crippen molar-refractivity contribution in [1.29, 1.82) is 0 Å². The first-order chi connectivity index (χ1) is 18.9. The van der Waals surface area contributed by atoms with Gasteiger partial charge in [0, 0.05) is 36.6 Å². The third-order valence-corrected chi connectivity index (χ3v) is 7.75. The Hall–Kier alpha value is -3.88. The summed E-state index contributed by atoms with van der Waals surface area (Å²) < 4.78 is 5.30. The lowest BCUT2D eigenvalue weighted by atomic mass is 9.98. The molecule has 4 aromatic rings. The average molecular weight is 544 g/mol. The number of pyridine rings is 2. The number of Topliss-reactive ketones (excluding diaryl/α,β-unsaturated/α-hetero) is 1. The van der Waals surface area contributed by atoms with E-state index >= 15 is 0 Å². The van der Waals surface area contributed by atoms with Gasteiger partial charge in [0.25, 0.3) is 0 Å². The van der Waals surface area contributed by atoms with Crippen molar-refractivity contribution in [3.8, 4) is 22.6 Å². The van der Waals surface area contributed by atoms with Crippen LogP contribution in [0.5, 0.6) is 11.5 Å². The fourth-order valence-electron chi connectivity index (χ4n) is 5.16. The fraction of sp³-hybridized carbons (Fsp3) is 0.300. The lowest BCUT2D eigenvalue weighted by Crippen LogP contribution is -2.43. The Balaban J connectivity index is 1.41. The molecule has 9 heteroatoms. The fourth-order valence-corrected chi connectivity index (χ4v) is 5.38. The van der Waals surface area contributed by atoms with Crippen LogP contribution in [0, 0.1) is 5.92 Å². The maximum Gasteiger partial charge on any atom is 0.176 e. The number of benzene rings is 2. The van der Waals surface area contributed by atoms with Crippen LogP contribution in [-0.4, -0.2) is 47.1 Å². The zero-order chi connectivity index (χ0) is 27.1. The number of rotatable bonds is 7. The van der Waals surface area contributed by atoms with E-state index in [0.717, 1.165) is 72.3 Å². The summed E-state index contributed by atoms with van der Waals surface area (Å²) >= 11 is 6.27. The molecule has 0 radical (unpaired) electrons. The van der Waals surface area contributed by atoms with Crippen LogP contribution in [0.4, 0.5) is 17.2 Å². The van der Waals surface area contributed by atoms with E-state index in [1.165, 1.54) is 7.11 Å². The first-order valence-electron chi connectivity index (χ1n) is 13.2. The highest BCUT2D eigenvalue weighted by Crippen LogP contribution is 2.41. The van der Waals surface area contributed by atoms with Crippen LogP contribution in [0.2, 0.25) is 5.02 Å². The second kappa shape index (κ2) is 10.4. The van der Waals surface area contributed by atoms with Crippen LogP contribution in [-0.2, 0) is 0 Å². The molecule has 1 aliphatic heterocycles.